The number of ether oxygens (including phenoxy) is 1. The van der Waals surface area contributed by atoms with Crippen LogP contribution >= 0.6 is 15.9 Å². The maximum absolute atomic E-state index is 11.9. The lowest BCUT2D eigenvalue weighted by Gasteiger charge is -2.08. The van der Waals surface area contributed by atoms with Crippen molar-refractivity contribution in [2.45, 2.75) is 6.43 Å². The van der Waals surface area contributed by atoms with Gasteiger partial charge in [0, 0.05) is 10.0 Å². The molecule has 7 heteroatoms. The standard InChI is InChI=1S/C9H9BrF2N2O2/c10-7-3-5(16-4-8(11)12)1-2-6(7)9(13)14-15/h1-3,8,15H,4H2,(H2,13,14). The van der Waals surface area contributed by atoms with Crippen molar-refractivity contribution in [3.8, 4) is 5.75 Å². The second kappa shape index (κ2) is 5.64. The molecule has 0 aliphatic carbocycles. The van der Waals surface area contributed by atoms with Crippen LogP contribution in [-0.4, -0.2) is 24.1 Å². The first-order chi connectivity index (χ1) is 7.54. The molecule has 16 heavy (non-hydrogen) atoms. The van der Waals surface area contributed by atoms with Crippen molar-refractivity contribution in [2.75, 3.05) is 6.61 Å². The van der Waals surface area contributed by atoms with Gasteiger partial charge in [-0.2, -0.15) is 0 Å². The van der Waals surface area contributed by atoms with Crippen LogP contribution in [0.5, 0.6) is 5.75 Å². The maximum Gasteiger partial charge on any atom is 0.272 e. The van der Waals surface area contributed by atoms with Crippen molar-refractivity contribution >= 4 is 21.8 Å². The highest BCUT2D eigenvalue weighted by Gasteiger charge is 2.08. The molecular weight excluding hydrogens is 286 g/mol. The molecule has 3 N–H and O–H groups in total. The highest BCUT2D eigenvalue weighted by atomic mass is 79.9. The Labute approximate surface area is 98.8 Å². The largest absolute Gasteiger partial charge is 0.488 e. The van der Waals surface area contributed by atoms with E-state index in [2.05, 4.69) is 21.1 Å². The number of rotatable bonds is 4. The first kappa shape index (κ1) is 12.7. The minimum absolute atomic E-state index is 0.0766. The molecule has 0 amide bonds. The number of benzene rings is 1. The van der Waals surface area contributed by atoms with Gasteiger partial charge < -0.3 is 15.7 Å². The topological polar surface area (TPSA) is 67.8 Å². The van der Waals surface area contributed by atoms with Crippen molar-refractivity contribution in [3.63, 3.8) is 0 Å². The molecule has 0 bridgehead atoms. The molecule has 1 aromatic carbocycles. The van der Waals surface area contributed by atoms with Crippen LogP contribution in [0.25, 0.3) is 0 Å². The van der Waals surface area contributed by atoms with Crippen molar-refractivity contribution in [1.82, 2.24) is 0 Å². The van der Waals surface area contributed by atoms with E-state index in [4.69, 9.17) is 15.7 Å². The summed E-state index contributed by atoms with van der Waals surface area (Å²) in [6.07, 6.45) is -2.53. The molecule has 88 valence electrons. The zero-order valence-corrected chi connectivity index (χ0v) is 9.62. The summed E-state index contributed by atoms with van der Waals surface area (Å²) in [4.78, 5) is 0. The lowest BCUT2D eigenvalue weighted by molar-refractivity contribution is 0.0819. The summed E-state index contributed by atoms with van der Waals surface area (Å²) in [5.74, 6) is 0.203. The molecule has 0 aliphatic heterocycles. The van der Waals surface area contributed by atoms with E-state index in [1.165, 1.54) is 18.2 Å². The van der Waals surface area contributed by atoms with Gasteiger partial charge in [0.15, 0.2) is 5.84 Å². The van der Waals surface area contributed by atoms with Crippen LogP contribution < -0.4 is 10.5 Å². The van der Waals surface area contributed by atoms with Crippen LogP contribution in [0.4, 0.5) is 8.78 Å². The van der Waals surface area contributed by atoms with E-state index in [-0.39, 0.29) is 11.6 Å². The summed E-state index contributed by atoms with van der Waals surface area (Å²) in [6, 6.07) is 4.43. The number of amidine groups is 1. The first-order valence-electron chi connectivity index (χ1n) is 4.23. The number of alkyl halides is 2. The van der Waals surface area contributed by atoms with E-state index in [0.717, 1.165) is 0 Å². The lowest BCUT2D eigenvalue weighted by atomic mass is 10.2. The Hall–Kier alpha value is -1.37. The van der Waals surface area contributed by atoms with Gasteiger partial charge in [0.05, 0.1) is 0 Å². The van der Waals surface area contributed by atoms with Gasteiger partial charge in [-0.3, -0.25) is 0 Å². The molecule has 1 rings (SSSR count). The Kier molecular flexibility index (Phi) is 4.48. The first-order valence-corrected chi connectivity index (χ1v) is 5.02. The third kappa shape index (κ3) is 3.34. The Morgan fingerprint density at radius 3 is 2.75 bits per heavy atom. The van der Waals surface area contributed by atoms with Crippen LogP contribution in [-0.2, 0) is 0 Å². The SMILES string of the molecule is N/C(=N/O)c1ccc(OCC(F)F)cc1Br. The van der Waals surface area contributed by atoms with Crippen LogP contribution in [0.1, 0.15) is 5.56 Å². The molecule has 0 heterocycles. The molecule has 0 saturated carbocycles. The fourth-order valence-electron chi connectivity index (χ4n) is 1.01. The fraction of sp³-hybridized carbons (Fsp3) is 0.222. The molecular formula is C9H9BrF2N2O2. The zero-order valence-electron chi connectivity index (χ0n) is 8.03. The average Bonchev–Trinajstić information content (AvgIpc) is 2.25. The van der Waals surface area contributed by atoms with Crippen molar-refractivity contribution in [3.05, 3.63) is 28.2 Å². The normalized spacial score (nSPS) is 11.9. The number of nitrogens with zero attached hydrogens (tertiary/aromatic N) is 1. The number of oxime groups is 1. The van der Waals surface area contributed by atoms with Gasteiger partial charge in [0.25, 0.3) is 6.43 Å². The molecule has 0 unspecified atom stereocenters. The Bertz CT molecular complexity index is 399. The van der Waals surface area contributed by atoms with Gasteiger partial charge in [-0.1, -0.05) is 5.16 Å². The van der Waals surface area contributed by atoms with Crippen LogP contribution in [0.15, 0.2) is 27.8 Å². The van der Waals surface area contributed by atoms with Crippen LogP contribution in [0.3, 0.4) is 0 Å². The summed E-state index contributed by atoms with van der Waals surface area (Å²) in [5, 5.41) is 11.3. The quantitative estimate of drug-likeness (QED) is 0.387. The summed E-state index contributed by atoms with van der Waals surface area (Å²) >= 11 is 3.16. The Morgan fingerprint density at radius 2 is 2.25 bits per heavy atom. The van der Waals surface area contributed by atoms with E-state index in [0.29, 0.717) is 10.0 Å². The second-order valence-electron chi connectivity index (χ2n) is 2.83. The molecule has 0 atom stereocenters. The highest BCUT2D eigenvalue weighted by Crippen LogP contribution is 2.23. The molecule has 0 saturated heterocycles. The molecule has 0 spiro atoms. The second-order valence-corrected chi connectivity index (χ2v) is 3.68. The summed E-state index contributed by atoms with van der Waals surface area (Å²) in [5.41, 5.74) is 5.83. The smallest absolute Gasteiger partial charge is 0.272 e. The zero-order chi connectivity index (χ0) is 12.1. The Balaban J connectivity index is 2.83. The van der Waals surface area contributed by atoms with Crippen LogP contribution in [0, 0.1) is 0 Å². The van der Waals surface area contributed by atoms with Gasteiger partial charge in [0.1, 0.15) is 12.4 Å². The average molecular weight is 295 g/mol. The predicted octanol–water partition coefficient (Wildman–Crippen LogP) is 2.19. The number of hydrogen-bond acceptors (Lipinski definition) is 3. The van der Waals surface area contributed by atoms with Crippen molar-refractivity contribution < 1.29 is 18.7 Å². The van der Waals surface area contributed by atoms with Crippen molar-refractivity contribution in [2.24, 2.45) is 10.9 Å². The highest BCUT2D eigenvalue weighted by molar-refractivity contribution is 9.10. The molecule has 1 aromatic rings. The van der Waals surface area contributed by atoms with Gasteiger partial charge in [-0.15, -0.1) is 0 Å². The minimum atomic E-state index is -2.53. The fourth-order valence-corrected chi connectivity index (χ4v) is 1.57. The molecule has 0 aromatic heterocycles. The van der Waals surface area contributed by atoms with E-state index >= 15 is 0 Å². The molecule has 0 fully saturated rings. The molecule has 4 nitrogen and oxygen atoms in total. The van der Waals surface area contributed by atoms with Gasteiger partial charge in [0.2, 0.25) is 0 Å². The van der Waals surface area contributed by atoms with E-state index in [1.807, 2.05) is 0 Å². The number of halogens is 3. The van der Waals surface area contributed by atoms with E-state index in [1.54, 1.807) is 0 Å². The van der Waals surface area contributed by atoms with Gasteiger partial charge in [-0.25, -0.2) is 8.78 Å². The molecule has 0 aliphatic rings. The van der Waals surface area contributed by atoms with Crippen LogP contribution in [0.2, 0.25) is 0 Å². The van der Waals surface area contributed by atoms with E-state index in [9.17, 15) is 8.78 Å². The minimum Gasteiger partial charge on any atom is -0.488 e. The predicted molar refractivity (Wildman–Crippen MR) is 58.2 cm³/mol. The summed E-state index contributed by atoms with van der Waals surface area (Å²) < 4.78 is 29.0. The summed E-state index contributed by atoms with van der Waals surface area (Å²) in [7, 11) is 0. The maximum atomic E-state index is 11.9. The number of nitrogens with two attached hydrogens (primary N) is 1. The van der Waals surface area contributed by atoms with Gasteiger partial charge in [-0.05, 0) is 34.1 Å². The van der Waals surface area contributed by atoms with Crippen molar-refractivity contribution in [1.29, 1.82) is 0 Å². The Morgan fingerprint density at radius 1 is 1.56 bits per heavy atom. The van der Waals surface area contributed by atoms with E-state index < -0.39 is 13.0 Å². The lowest BCUT2D eigenvalue weighted by Crippen LogP contribution is -2.14. The third-order valence-electron chi connectivity index (χ3n) is 1.70. The molecule has 0 radical (unpaired) electrons. The third-order valence-corrected chi connectivity index (χ3v) is 2.36. The monoisotopic (exact) mass is 294 g/mol. The number of hydrogen-bond donors (Lipinski definition) is 2. The van der Waals surface area contributed by atoms with Gasteiger partial charge >= 0.3 is 0 Å². The summed E-state index contributed by atoms with van der Waals surface area (Å²) in [6.45, 7) is -0.671.